The molecule has 6 heteroatoms. The molecule has 2 aromatic carbocycles. The summed E-state index contributed by atoms with van der Waals surface area (Å²) in [6.07, 6.45) is 0. The van der Waals surface area contributed by atoms with Gasteiger partial charge in [0.05, 0.1) is 0 Å². The summed E-state index contributed by atoms with van der Waals surface area (Å²) < 4.78 is 15.2. The fourth-order valence-corrected chi connectivity index (χ4v) is 3.78. The van der Waals surface area contributed by atoms with Gasteiger partial charge in [-0.05, 0) is 37.6 Å². The summed E-state index contributed by atoms with van der Waals surface area (Å²) in [5, 5.41) is 9.92. The van der Waals surface area contributed by atoms with Gasteiger partial charge in [0.25, 0.3) is 0 Å². The third-order valence-corrected chi connectivity index (χ3v) is 5.05. The van der Waals surface area contributed by atoms with Crippen LogP contribution in [0.15, 0.2) is 47.6 Å². The Morgan fingerprint density at radius 2 is 2.00 bits per heavy atom. The van der Waals surface area contributed by atoms with Crippen LogP contribution in [0, 0.1) is 12.7 Å². The van der Waals surface area contributed by atoms with Gasteiger partial charge >= 0.3 is 0 Å². The van der Waals surface area contributed by atoms with Gasteiger partial charge in [0.1, 0.15) is 5.82 Å². The number of benzene rings is 2. The maximum Gasteiger partial charge on any atom is 0.191 e. The zero-order valence-electron chi connectivity index (χ0n) is 13.5. The number of thioether (sulfide) groups is 1. The molecule has 0 spiro atoms. The van der Waals surface area contributed by atoms with E-state index in [0.29, 0.717) is 10.8 Å². The highest BCUT2D eigenvalue weighted by Gasteiger charge is 2.14. The number of hydrogen-bond donors (Lipinski definition) is 0. The fraction of sp³-hybridized carbons (Fsp3) is 0.222. The van der Waals surface area contributed by atoms with Crippen LogP contribution in [0.25, 0.3) is 11.4 Å². The third kappa shape index (κ3) is 3.62. The molecule has 1 aromatic heterocycles. The Balaban J connectivity index is 1.84. The normalized spacial score (nSPS) is 11.0. The van der Waals surface area contributed by atoms with Crippen molar-refractivity contribution in [1.82, 2.24) is 14.8 Å². The van der Waals surface area contributed by atoms with Gasteiger partial charge in [-0.2, -0.15) is 0 Å². The van der Waals surface area contributed by atoms with Crippen LogP contribution in [0.1, 0.15) is 18.1 Å². The molecule has 0 bridgehead atoms. The first-order valence-corrected chi connectivity index (χ1v) is 9.02. The number of nitrogens with zero attached hydrogens (tertiary/aromatic N) is 3. The summed E-state index contributed by atoms with van der Waals surface area (Å²) in [7, 11) is 0. The van der Waals surface area contributed by atoms with Crippen molar-refractivity contribution in [3.05, 3.63) is 64.4 Å². The average Bonchev–Trinajstić information content (AvgIpc) is 2.97. The summed E-state index contributed by atoms with van der Waals surface area (Å²) in [4.78, 5) is 0. The van der Waals surface area contributed by atoms with Gasteiger partial charge in [-0.15, -0.1) is 10.2 Å². The summed E-state index contributed by atoms with van der Waals surface area (Å²) in [6.45, 7) is 4.90. The molecule has 3 nitrogen and oxygen atoms in total. The van der Waals surface area contributed by atoms with Crippen molar-refractivity contribution in [3.8, 4) is 11.4 Å². The molecule has 0 saturated carbocycles. The lowest BCUT2D eigenvalue weighted by Crippen LogP contribution is -2.00. The van der Waals surface area contributed by atoms with Crippen LogP contribution in [0.3, 0.4) is 0 Å². The highest BCUT2D eigenvalue weighted by atomic mass is 35.5. The molecular weight excluding hydrogens is 345 g/mol. The van der Waals surface area contributed by atoms with Gasteiger partial charge in [0.2, 0.25) is 0 Å². The molecule has 1 heterocycles. The molecule has 0 radical (unpaired) electrons. The largest absolute Gasteiger partial charge is 0.302 e. The molecule has 0 saturated heterocycles. The summed E-state index contributed by atoms with van der Waals surface area (Å²) in [5.74, 6) is 1.14. The lowest BCUT2D eigenvalue weighted by atomic mass is 10.1. The number of aryl methyl sites for hydroxylation is 1. The molecular formula is C18H17ClFN3S. The van der Waals surface area contributed by atoms with E-state index in [9.17, 15) is 4.39 Å². The molecule has 24 heavy (non-hydrogen) atoms. The monoisotopic (exact) mass is 361 g/mol. The van der Waals surface area contributed by atoms with E-state index in [1.165, 1.54) is 17.7 Å². The Kier molecular flexibility index (Phi) is 5.21. The molecule has 0 fully saturated rings. The predicted octanol–water partition coefficient (Wildman–Crippen LogP) is 5.36. The van der Waals surface area contributed by atoms with Crippen molar-refractivity contribution in [2.75, 3.05) is 0 Å². The Labute approximate surface area is 149 Å². The lowest BCUT2D eigenvalue weighted by molar-refractivity contribution is 0.627. The number of halogens is 2. The molecule has 0 unspecified atom stereocenters. The first-order chi connectivity index (χ1) is 11.6. The van der Waals surface area contributed by atoms with Crippen LogP contribution in [0.5, 0.6) is 0 Å². The van der Waals surface area contributed by atoms with E-state index in [4.69, 9.17) is 11.6 Å². The van der Waals surface area contributed by atoms with Crippen LogP contribution in [-0.2, 0) is 12.3 Å². The molecule has 0 N–H and O–H groups in total. The van der Waals surface area contributed by atoms with E-state index < -0.39 is 0 Å². The second-order valence-electron chi connectivity index (χ2n) is 5.44. The van der Waals surface area contributed by atoms with Gasteiger partial charge in [0.15, 0.2) is 11.0 Å². The molecule has 124 valence electrons. The van der Waals surface area contributed by atoms with Gasteiger partial charge in [-0.25, -0.2) is 4.39 Å². The summed E-state index contributed by atoms with van der Waals surface area (Å²) in [5.41, 5.74) is 3.12. The highest BCUT2D eigenvalue weighted by molar-refractivity contribution is 7.98. The first kappa shape index (κ1) is 17.0. The van der Waals surface area contributed by atoms with Crippen LogP contribution < -0.4 is 0 Å². The summed E-state index contributed by atoms with van der Waals surface area (Å²) in [6, 6.07) is 12.7. The van der Waals surface area contributed by atoms with E-state index in [1.54, 1.807) is 17.8 Å². The van der Waals surface area contributed by atoms with Crippen LogP contribution in [-0.4, -0.2) is 14.8 Å². The number of hydrogen-bond acceptors (Lipinski definition) is 3. The Morgan fingerprint density at radius 1 is 1.17 bits per heavy atom. The van der Waals surface area contributed by atoms with Gasteiger partial charge in [0, 0.05) is 22.9 Å². The fourth-order valence-electron chi connectivity index (χ4n) is 2.46. The topological polar surface area (TPSA) is 30.7 Å². The quantitative estimate of drug-likeness (QED) is 0.573. The van der Waals surface area contributed by atoms with Crippen molar-refractivity contribution in [2.45, 2.75) is 31.3 Å². The Bertz CT molecular complexity index is 863. The van der Waals surface area contributed by atoms with Crippen molar-refractivity contribution in [3.63, 3.8) is 0 Å². The number of aromatic nitrogens is 3. The van der Waals surface area contributed by atoms with E-state index in [-0.39, 0.29) is 5.82 Å². The van der Waals surface area contributed by atoms with Crippen molar-refractivity contribution >= 4 is 23.4 Å². The van der Waals surface area contributed by atoms with E-state index in [0.717, 1.165) is 28.7 Å². The Hall–Kier alpha value is -1.85. The SMILES string of the molecule is CCn1c(SCc2ccc(F)cc2Cl)nnc1-c1cccc(C)c1. The smallest absolute Gasteiger partial charge is 0.191 e. The minimum atomic E-state index is -0.327. The van der Waals surface area contributed by atoms with Crippen molar-refractivity contribution in [1.29, 1.82) is 0 Å². The van der Waals surface area contributed by atoms with Crippen LogP contribution in [0.4, 0.5) is 4.39 Å². The summed E-state index contributed by atoms with van der Waals surface area (Å²) >= 11 is 7.64. The van der Waals surface area contributed by atoms with Gasteiger partial charge in [-0.1, -0.05) is 53.2 Å². The van der Waals surface area contributed by atoms with E-state index >= 15 is 0 Å². The Morgan fingerprint density at radius 3 is 2.71 bits per heavy atom. The van der Waals surface area contributed by atoms with Gasteiger partial charge < -0.3 is 4.57 Å². The van der Waals surface area contributed by atoms with Crippen molar-refractivity contribution in [2.24, 2.45) is 0 Å². The minimum absolute atomic E-state index is 0.327. The molecule has 0 aliphatic carbocycles. The molecule has 3 rings (SSSR count). The minimum Gasteiger partial charge on any atom is -0.302 e. The first-order valence-electron chi connectivity index (χ1n) is 7.65. The molecule has 0 amide bonds. The van der Waals surface area contributed by atoms with E-state index in [2.05, 4.69) is 40.7 Å². The highest BCUT2D eigenvalue weighted by Crippen LogP contribution is 2.29. The average molecular weight is 362 g/mol. The maximum atomic E-state index is 13.1. The second-order valence-corrected chi connectivity index (χ2v) is 6.79. The number of rotatable bonds is 5. The third-order valence-electron chi connectivity index (χ3n) is 3.68. The molecule has 0 atom stereocenters. The van der Waals surface area contributed by atoms with Gasteiger partial charge in [-0.3, -0.25) is 0 Å². The van der Waals surface area contributed by atoms with Crippen LogP contribution >= 0.6 is 23.4 Å². The van der Waals surface area contributed by atoms with E-state index in [1.807, 2.05) is 12.1 Å². The zero-order valence-corrected chi connectivity index (χ0v) is 15.0. The lowest BCUT2D eigenvalue weighted by Gasteiger charge is -2.08. The van der Waals surface area contributed by atoms with Crippen molar-refractivity contribution < 1.29 is 4.39 Å². The molecule has 0 aliphatic rings. The predicted molar refractivity (Wildman–Crippen MR) is 96.8 cm³/mol. The molecule has 3 aromatic rings. The maximum absolute atomic E-state index is 13.1. The standard InChI is InChI=1S/C18H17ClFN3S/c1-3-23-17(13-6-4-5-12(2)9-13)21-22-18(23)24-11-14-7-8-15(20)10-16(14)19/h4-10H,3,11H2,1-2H3. The molecule has 0 aliphatic heterocycles. The second kappa shape index (κ2) is 7.36. The van der Waals surface area contributed by atoms with Crippen LogP contribution in [0.2, 0.25) is 5.02 Å². The zero-order chi connectivity index (χ0) is 17.1.